The molecule has 48 valence electrons. The summed E-state index contributed by atoms with van der Waals surface area (Å²) < 4.78 is 25.0. The molecule has 0 unspecified atom stereocenters. The molecule has 0 aliphatic heterocycles. The summed E-state index contributed by atoms with van der Waals surface area (Å²) in [5.41, 5.74) is 5.61. The second-order valence-corrected chi connectivity index (χ2v) is 1.52. The van der Waals surface area contributed by atoms with E-state index in [9.17, 15) is 0 Å². The molecule has 0 bridgehead atoms. The maximum absolute atomic E-state index is 6.80. The lowest BCUT2D eigenvalue weighted by Gasteiger charge is -1.99. The predicted octanol–water partition coefficient (Wildman–Crippen LogP) is 0.672. The first-order valence-electron chi connectivity index (χ1n) is 3.87. The van der Waals surface area contributed by atoms with Gasteiger partial charge in [0, 0.05) is 12.3 Å². The third-order valence-corrected chi connectivity index (χ3v) is 0.920. The van der Waals surface area contributed by atoms with E-state index < -0.39 is 7.04 Å². The zero-order valence-electron chi connectivity index (χ0n) is 7.66. The molecule has 3 heteroatoms. The molecule has 0 saturated carbocycles. The largest absolute Gasteiger partial charge is 0.494 e. The van der Waals surface area contributed by atoms with E-state index in [4.69, 9.17) is 9.85 Å². The third kappa shape index (κ3) is 1.10. The van der Waals surface area contributed by atoms with Crippen LogP contribution in [-0.2, 0) is 0 Å². The first kappa shape index (κ1) is 3.06. The van der Waals surface area contributed by atoms with Gasteiger partial charge in [0.15, 0.2) is 0 Å². The second-order valence-electron chi connectivity index (χ2n) is 1.52. The van der Waals surface area contributed by atoms with Gasteiger partial charge in [-0.25, -0.2) is 0 Å². The Morgan fingerprint density at radius 1 is 1.89 bits per heavy atom. The molecule has 0 amide bonds. The standard InChI is InChI=1S/C6H8N2O/c1-9-6-2-3-8-4-5(6)7/h2-4H,7H2,1H3/i1D3. The van der Waals surface area contributed by atoms with Crippen LogP contribution in [0.5, 0.6) is 5.75 Å². The van der Waals surface area contributed by atoms with Crippen LogP contribution in [0, 0.1) is 0 Å². The van der Waals surface area contributed by atoms with Gasteiger partial charge in [-0.1, -0.05) is 0 Å². The highest BCUT2D eigenvalue weighted by Gasteiger charge is 1.92. The highest BCUT2D eigenvalue weighted by atomic mass is 16.5. The van der Waals surface area contributed by atoms with Gasteiger partial charge in [-0.15, -0.1) is 0 Å². The highest BCUT2D eigenvalue weighted by Crippen LogP contribution is 2.16. The fraction of sp³-hybridized carbons (Fsp3) is 0.167. The molecular weight excluding hydrogens is 116 g/mol. The fourth-order valence-electron chi connectivity index (χ4n) is 0.487. The van der Waals surface area contributed by atoms with Crippen LogP contribution < -0.4 is 10.5 Å². The van der Waals surface area contributed by atoms with Crippen LogP contribution in [0.25, 0.3) is 0 Å². The Labute approximate surface area is 57.7 Å². The van der Waals surface area contributed by atoms with Crippen molar-refractivity contribution < 1.29 is 8.85 Å². The van der Waals surface area contributed by atoms with Gasteiger partial charge >= 0.3 is 0 Å². The van der Waals surface area contributed by atoms with E-state index in [-0.39, 0.29) is 11.4 Å². The molecule has 9 heavy (non-hydrogen) atoms. The molecule has 0 radical (unpaired) electrons. The van der Waals surface area contributed by atoms with Crippen molar-refractivity contribution >= 4 is 5.69 Å². The van der Waals surface area contributed by atoms with Crippen molar-refractivity contribution in [2.24, 2.45) is 0 Å². The van der Waals surface area contributed by atoms with Crippen molar-refractivity contribution in [3.8, 4) is 5.75 Å². The van der Waals surface area contributed by atoms with Crippen LogP contribution in [0.15, 0.2) is 18.5 Å². The molecule has 0 aliphatic rings. The van der Waals surface area contributed by atoms with Gasteiger partial charge < -0.3 is 10.5 Å². The normalized spacial score (nSPS) is 15.3. The van der Waals surface area contributed by atoms with E-state index in [1.54, 1.807) is 0 Å². The first-order valence-corrected chi connectivity index (χ1v) is 2.37. The van der Waals surface area contributed by atoms with Crippen LogP contribution in [0.2, 0.25) is 0 Å². The summed E-state index contributed by atoms with van der Waals surface area (Å²) in [6, 6.07) is 1.40. The Balaban J connectivity index is 2.83. The number of hydrogen-bond acceptors (Lipinski definition) is 3. The number of rotatable bonds is 1. The number of aromatic nitrogens is 1. The molecule has 0 aliphatic carbocycles. The molecule has 0 spiro atoms. The zero-order chi connectivity index (χ0) is 9.19. The van der Waals surface area contributed by atoms with E-state index in [0.29, 0.717) is 0 Å². The third-order valence-electron chi connectivity index (χ3n) is 0.920. The quantitative estimate of drug-likeness (QED) is 0.603. The van der Waals surface area contributed by atoms with Crippen molar-refractivity contribution in [1.82, 2.24) is 4.98 Å². The van der Waals surface area contributed by atoms with Gasteiger partial charge in [-0.05, 0) is 0 Å². The average Bonchev–Trinajstić information content (AvgIpc) is 1.91. The van der Waals surface area contributed by atoms with Gasteiger partial charge in [0.1, 0.15) is 5.75 Å². The van der Waals surface area contributed by atoms with E-state index in [2.05, 4.69) is 9.72 Å². The molecule has 1 heterocycles. The number of nitrogens with zero attached hydrogens (tertiary/aromatic N) is 1. The second kappa shape index (κ2) is 2.35. The van der Waals surface area contributed by atoms with Gasteiger partial charge in [0.25, 0.3) is 0 Å². The summed E-state index contributed by atoms with van der Waals surface area (Å²) in [6.07, 6.45) is 2.75. The van der Waals surface area contributed by atoms with Gasteiger partial charge in [0.05, 0.1) is 23.0 Å². The van der Waals surface area contributed by atoms with Crippen LogP contribution in [-0.4, -0.2) is 12.0 Å². The molecule has 2 N–H and O–H groups in total. The summed E-state index contributed by atoms with van der Waals surface area (Å²) in [5, 5.41) is 0. The molecule has 0 saturated heterocycles. The number of methoxy groups -OCH3 is 1. The van der Waals surface area contributed by atoms with Crippen LogP contribution >= 0.6 is 0 Å². The maximum atomic E-state index is 6.80. The Hall–Kier alpha value is -1.25. The topological polar surface area (TPSA) is 48.1 Å². The van der Waals surface area contributed by atoms with Crippen molar-refractivity contribution in [2.45, 2.75) is 0 Å². The Bertz CT molecular complexity index is 274. The van der Waals surface area contributed by atoms with Crippen molar-refractivity contribution in [3.63, 3.8) is 0 Å². The molecule has 1 aromatic heterocycles. The number of nitrogens with two attached hydrogens (primary N) is 1. The van der Waals surface area contributed by atoms with E-state index in [1.165, 1.54) is 18.5 Å². The van der Waals surface area contributed by atoms with Gasteiger partial charge in [0.2, 0.25) is 0 Å². The van der Waals surface area contributed by atoms with E-state index in [1.807, 2.05) is 0 Å². The lowest BCUT2D eigenvalue weighted by Crippen LogP contribution is -1.91. The summed E-state index contributed by atoms with van der Waals surface area (Å²) in [4.78, 5) is 3.69. The summed E-state index contributed by atoms with van der Waals surface area (Å²) in [6.45, 7) is 0. The number of hydrogen-bond donors (Lipinski definition) is 1. The lowest BCUT2D eigenvalue weighted by molar-refractivity contribution is 0.416. The smallest absolute Gasteiger partial charge is 0.144 e. The predicted molar refractivity (Wildman–Crippen MR) is 35.2 cm³/mol. The minimum absolute atomic E-state index is 0.130. The molecule has 0 fully saturated rings. The van der Waals surface area contributed by atoms with Gasteiger partial charge in [-0.2, -0.15) is 0 Å². The van der Waals surface area contributed by atoms with Crippen LogP contribution in [0.1, 0.15) is 4.11 Å². The Morgan fingerprint density at radius 2 is 2.78 bits per heavy atom. The number of nitrogen functional groups attached to an aromatic ring is 1. The SMILES string of the molecule is [2H]C([2H])([2H])Oc1ccncc1N. The lowest BCUT2D eigenvalue weighted by atomic mass is 10.4. The van der Waals surface area contributed by atoms with E-state index in [0.717, 1.165) is 0 Å². The molecular formula is C6H8N2O. The Morgan fingerprint density at radius 3 is 3.44 bits per heavy atom. The van der Waals surface area contributed by atoms with Gasteiger partial charge in [-0.3, -0.25) is 4.98 Å². The molecule has 1 aromatic rings. The maximum Gasteiger partial charge on any atom is 0.144 e. The molecule has 0 aromatic carbocycles. The average molecular weight is 127 g/mol. The van der Waals surface area contributed by atoms with Crippen molar-refractivity contribution in [3.05, 3.63) is 18.5 Å². The first-order chi connectivity index (χ1) is 5.49. The minimum atomic E-state index is -2.46. The summed E-state index contributed by atoms with van der Waals surface area (Å²) in [7, 11) is -2.46. The summed E-state index contributed by atoms with van der Waals surface area (Å²) >= 11 is 0. The Kier molecular flexibility index (Phi) is 0.797. The minimum Gasteiger partial charge on any atom is -0.494 e. The zero-order valence-corrected chi connectivity index (χ0v) is 4.66. The fourth-order valence-corrected chi connectivity index (χ4v) is 0.487. The van der Waals surface area contributed by atoms with Crippen molar-refractivity contribution in [2.75, 3.05) is 12.8 Å². The summed E-state index contributed by atoms with van der Waals surface area (Å²) in [5.74, 6) is 0.130. The van der Waals surface area contributed by atoms with Crippen molar-refractivity contribution in [1.29, 1.82) is 0 Å². The number of ether oxygens (including phenoxy) is 1. The van der Waals surface area contributed by atoms with Crippen LogP contribution in [0.3, 0.4) is 0 Å². The molecule has 1 rings (SSSR count). The monoisotopic (exact) mass is 127 g/mol. The highest BCUT2D eigenvalue weighted by molar-refractivity contribution is 5.49. The molecule has 3 nitrogen and oxygen atoms in total. The molecule has 0 atom stereocenters. The van der Waals surface area contributed by atoms with Crippen LogP contribution in [0.4, 0.5) is 5.69 Å². The number of anilines is 1. The number of pyridine rings is 1. The van der Waals surface area contributed by atoms with E-state index >= 15 is 0 Å².